The zero-order chi connectivity index (χ0) is 8.39. The maximum absolute atomic E-state index is 5.65. The maximum Gasteiger partial charge on any atom is 0.207 e. The van der Waals surface area contributed by atoms with Crippen molar-refractivity contribution in [3.8, 4) is 0 Å². The summed E-state index contributed by atoms with van der Waals surface area (Å²) in [4.78, 5) is 0. The number of halogens is 1. The number of thiophene rings is 1. The van der Waals surface area contributed by atoms with Gasteiger partial charge in [0.1, 0.15) is 5.01 Å². The van der Waals surface area contributed by atoms with Crippen molar-refractivity contribution < 1.29 is 0 Å². The van der Waals surface area contributed by atoms with Crippen molar-refractivity contribution in [1.82, 2.24) is 10.2 Å². The summed E-state index contributed by atoms with van der Waals surface area (Å²) in [5.74, 6) is 0. The number of hydrogen-bond donors (Lipinski definition) is 0. The van der Waals surface area contributed by atoms with E-state index in [1.165, 1.54) is 16.9 Å². The summed E-state index contributed by atoms with van der Waals surface area (Å²) < 4.78 is 0.514. The minimum atomic E-state index is 0.514. The van der Waals surface area contributed by atoms with Gasteiger partial charge in [-0.15, -0.1) is 10.2 Å². The topological polar surface area (TPSA) is 25.8 Å². The molecule has 0 radical (unpaired) electrons. The fourth-order valence-corrected chi connectivity index (χ4v) is 2.44. The van der Waals surface area contributed by atoms with Gasteiger partial charge in [0.2, 0.25) is 4.47 Å². The molecule has 0 saturated carbocycles. The zero-order valence-corrected chi connectivity index (χ0v) is 8.42. The van der Waals surface area contributed by atoms with Crippen LogP contribution in [0.1, 0.15) is 10.6 Å². The van der Waals surface area contributed by atoms with E-state index >= 15 is 0 Å². The van der Waals surface area contributed by atoms with E-state index in [1.807, 2.05) is 0 Å². The first-order chi connectivity index (χ1) is 5.84. The van der Waals surface area contributed by atoms with Crippen LogP contribution in [0, 0.1) is 0 Å². The second-order valence-corrected chi connectivity index (χ2v) is 4.68. The van der Waals surface area contributed by atoms with Gasteiger partial charge in [-0.25, -0.2) is 0 Å². The standard InChI is InChI=1S/C7H5ClN2S2/c8-7-10-9-6(12-7)3-5-1-2-11-4-5/h1-2,4H,3H2. The lowest BCUT2D eigenvalue weighted by atomic mass is 10.3. The first kappa shape index (κ1) is 8.16. The summed E-state index contributed by atoms with van der Waals surface area (Å²) in [5, 5.41) is 12.8. The highest BCUT2D eigenvalue weighted by Gasteiger charge is 2.02. The van der Waals surface area contributed by atoms with Crippen molar-refractivity contribution in [2.45, 2.75) is 6.42 Å². The zero-order valence-electron chi connectivity index (χ0n) is 6.03. The van der Waals surface area contributed by atoms with Crippen LogP contribution in [0.3, 0.4) is 0 Å². The number of nitrogens with zero attached hydrogens (tertiary/aromatic N) is 2. The summed E-state index contributed by atoms with van der Waals surface area (Å²) in [6, 6.07) is 2.08. The lowest BCUT2D eigenvalue weighted by Crippen LogP contribution is -1.83. The molecule has 0 aliphatic rings. The van der Waals surface area contributed by atoms with E-state index in [0.717, 1.165) is 11.4 Å². The van der Waals surface area contributed by atoms with E-state index < -0.39 is 0 Å². The first-order valence-corrected chi connectivity index (χ1v) is 5.47. The van der Waals surface area contributed by atoms with Crippen LogP contribution < -0.4 is 0 Å². The Hall–Kier alpha value is -0.450. The lowest BCUT2D eigenvalue weighted by Gasteiger charge is -1.87. The van der Waals surface area contributed by atoms with E-state index in [1.54, 1.807) is 11.3 Å². The van der Waals surface area contributed by atoms with Gasteiger partial charge in [0.15, 0.2) is 0 Å². The summed E-state index contributed by atoms with van der Waals surface area (Å²) in [6.07, 6.45) is 0.841. The van der Waals surface area contributed by atoms with Crippen molar-refractivity contribution in [1.29, 1.82) is 0 Å². The molecule has 0 unspecified atom stereocenters. The van der Waals surface area contributed by atoms with Crippen molar-refractivity contribution in [3.05, 3.63) is 31.9 Å². The molecule has 0 saturated heterocycles. The van der Waals surface area contributed by atoms with Crippen LogP contribution in [0.5, 0.6) is 0 Å². The summed E-state index contributed by atoms with van der Waals surface area (Å²) in [6.45, 7) is 0. The average molecular weight is 217 g/mol. The number of rotatable bonds is 2. The van der Waals surface area contributed by atoms with Gasteiger partial charge in [0.05, 0.1) is 0 Å². The summed E-state index contributed by atoms with van der Waals surface area (Å²) in [5.41, 5.74) is 1.27. The normalized spacial score (nSPS) is 10.4. The van der Waals surface area contributed by atoms with Crippen LogP contribution in [-0.2, 0) is 6.42 Å². The van der Waals surface area contributed by atoms with Gasteiger partial charge in [-0.3, -0.25) is 0 Å². The molecule has 2 aromatic rings. The smallest absolute Gasteiger partial charge is 0.152 e. The Morgan fingerprint density at radius 1 is 1.42 bits per heavy atom. The molecule has 0 spiro atoms. The molecule has 2 aromatic heterocycles. The molecule has 2 rings (SSSR count). The van der Waals surface area contributed by atoms with E-state index in [9.17, 15) is 0 Å². The summed E-state index contributed by atoms with van der Waals surface area (Å²) in [7, 11) is 0. The monoisotopic (exact) mass is 216 g/mol. The predicted molar refractivity (Wildman–Crippen MR) is 52.0 cm³/mol. The third-order valence-corrected chi connectivity index (χ3v) is 3.13. The third-order valence-electron chi connectivity index (χ3n) is 1.38. The molecular formula is C7H5ClN2S2. The molecular weight excluding hydrogens is 212 g/mol. The van der Waals surface area contributed by atoms with Crippen LogP contribution in [0.15, 0.2) is 16.8 Å². The van der Waals surface area contributed by atoms with Gasteiger partial charge in [-0.05, 0) is 34.0 Å². The van der Waals surface area contributed by atoms with Gasteiger partial charge in [-0.1, -0.05) is 11.3 Å². The predicted octanol–water partition coefficient (Wildman–Crippen LogP) is 2.84. The Labute approximate surface area is 82.8 Å². The van der Waals surface area contributed by atoms with E-state index in [0.29, 0.717) is 4.47 Å². The van der Waals surface area contributed by atoms with Gasteiger partial charge in [0.25, 0.3) is 0 Å². The Morgan fingerprint density at radius 3 is 2.92 bits per heavy atom. The Morgan fingerprint density at radius 2 is 2.33 bits per heavy atom. The highest BCUT2D eigenvalue weighted by molar-refractivity contribution is 7.15. The largest absolute Gasteiger partial charge is 0.207 e. The maximum atomic E-state index is 5.65. The van der Waals surface area contributed by atoms with Crippen LogP contribution >= 0.6 is 34.3 Å². The average Bonchev–Trinajstić information content (AvgIpc) is 2.63. The molecule has 0 aliphatic heterocycles. The summed E-state index contributed by atoms with van der Waals surface area (Å²) >= 11 is 8.77. The van der Waals surface area contributed by atoms with Crippen molar-refractivity contribution in [3.63, 3.8) is 0 Å². The third kappa shape index (κ3) is 1.83. The molecule has 0 N–H and O–H groups in total. The van der Waals surface area contributed by atoms with Gasteiger partial charge in [-0.2, -0.15) is 11.3 Å². The van der Waals surface area contributed by atoms with Crippen LogP contribution in [0.25, 0.3) is 0 Å². The molecule has 0 atom stereocenters. The van der Waals surface area contributed by atoms with Crippen molar-refractivity contribution >= 4 is 34.3 Å². The SMILES string of the molecule is Clc1nnc(Cc2ccsc2)s1. The molecule has 0 aliphatic carbocycles. The lowest BCUT2D eigenvalue weighted by molar-refractivity contribution is 1.01. The van der Waals surface area contributed by atoms with Crippen LogP contribution in [0.4, 0.5) is 0 Å². The molecule has 0 aromatic carbocycles. The number of hydrogen-bond acceptors (Lipinski definition) is 4. The first-order valence-electron chi connectivity index (χ1n) is 3.33. The highest BCUT2D eigenvalue weighted by Crippen LogP contribution is 2.19. The minimum Gasteiger partial charge on any atom is -0.152 e. The second kappa shape index (κ2) is 3.51. The quantitative estimate of drug-likeness (QED) is 0.772. The fraction of sp³-hybridized carbons (Fsp3) is 0.143. The molecule has 12 heavy (non-hydrogen) atoms. The Kier molecular flexibility index (Phi) is 2.39. The van der Waals surface area contributed by atoms with Crippen LogP contribution in [-0.4, -0.2) is 10.2 Å². The van der Waals surface area contributed by atoms with E-state index in [2.05, 4.69) is 27.0 Å². The fourth-order valence-electron chi connectivity index (χ4n) is 0.872. The second-order valence-electron chi connectivity index (χ2n) is 2.26. The van der Waals surface area contributed by atoms with Gasteiger partial charge >= 0.3 is 0 Å². The molecule has 0 bridgehead atoms. The minimum absolute atomic E-state index is 0.514. The molecule has 62 valence electrons. The van der Waals surface area contributed by atoms with Gasteiger partial charge < -0.3 is 0 Å². The molecule has 0 fully saturated rings. The molecule has 2 nitrogen and oxygen atoms in total. The van der Waals surface area contributed by atoms with E-state index in [4.69, 9.17) is 11.6 Å². The molecule has 2 heterocycles. The van der Waals surface area contributed by atoms with Crippen molar-refractivity contribution in [2.75, 3.05) is 0 Å². The van der Waals surface area contributed by atoms with Crippen molar-refractivity contribution in [2.24, 2.45) is 0 Å². The number of aromatic nitrogens is 2. The van der Waals surface area contributed by atoms with E-state index in [-0.39, 0.29) is 0 Å². The molecule has 0 amide bonds. The Bertz CT molecular complexity index is 355. The molecule has 5 heteroatoms. The highest BCUT2D eigenvalue weighted by atomic mass is 35.5. The van der Waals surface area contributed by atoms with Crippen LogP contribution in [0.2, 0.25) is 4.47 Å². The van der Waals surface area contributed by atoms with Gasteiger partial charge in [0, 0.05) is 6.42 Å². The Balaban J connectivity index is 2.14.